The molecule has 0 saturated carbocycles. The molecule has 2 rings (SSSR count). The first kappa shape index (κ1) is 14.5. The van der Waals surface area contributed by atoms with E-state index in [9.17, 15) is 4.39 Å². The molecule has 0 amide bonds. The van der Waals surface area contributed by atoms with Gasteiger partial charge in [-0.05, 0) is 49.2 Å². The lowest BCUT2D eigenvalue weighted by atomic mass is 10.1. The van der Waals surface area contributed by atoms with Crippen molar-refractivity contribution in [3.63, 3.8) is 0 Å². The molecule has 106 valence electrons. The molecule has 2 aromatic carbocycles. The van der Waals surface area contributed by atoms with Crippen LogP contribution >= 0.6 is 0 Å². The Bertz CT molecular complexity index is 556. The average Bonchev–Trinajstić information content (AvgIpc) is 2.45. The number of benzene rings is 2. The van der Waals surface area contributed by atoms with E-state index in [-0.39, 0.29) is 11.9 Å². The van der Waals surface area contributed by atoms with Crippen molar-refractivity contribution in [2.24, 2.45) is 0 Å². The molecular weight excluding hydrogens is 253 g/mol. The maximum atomic E-state index is 13.2. The number of rotatable bonds is 6. The maximum absolute atomic E-state index is 13.2. The summed E-state index contributed by atoms with van der Waals surface area (Å²) in [6, 6.07) is 14.8. The third-order valence-electron chi connectivity index (χ3n) is 3.17. The lowest BCUT2D eigenvalue weighted by Crippen LogP contribution is -2.18. The van der Waals surface area contributed by atoms with E-state index in [0.29, 0.717) is 6.61 Å². The summed E-state index contributed by atoms with van der Waals surface area (Å²) in [6.45, 7) is 5.38. The smallest absolute Gasteiger partial charge is 0.123 e. The third kappa shape index (κ3) is 4.07. The summed E-state index contributed by atoms with van der Waals surface area (Å²) in [6.07, 6.45) is 0. The molecule has 2 nitrogen and oxygen atoms in total. The van der Waals surface area contributed by atoms with Crippen LogP contribution in [0, 0.1) is 5.82 Å². The minimum Gasteiger partial charge on any atom is -0.494 e. The van der Waals surface area contributed by atoms with Gasteiger partial charge in [-0.3, -0.25) is 0 Å². The Balaban J connectivity index is 1.96. The molecule has 1 atom stereocenters. The zero-order valence-corrected chi connectivity index (χ0v) is 11.9. The minimum atomic E-state index is -0.200. The quantitative estimate of drug-likeness (QED) is 0.856. The molecule has 0 spiro atoms. The summed E-state index contributed by atoms with van der Waals surface area (Å²) < 4.78 is 18.7. The second-order valence-corrected chi connectivity index (χ2v) is 4.74. The largest absolute Gasteiger partial charge is 0.494 e. The molecule has 0 bridgehead atoms. The van der Waals surface area contributed by atoms with Crippen molar-refractivity contribution in [1.29, 1.82) is 0 Å². The van der Waals surface area contributed by atoms with Gasteiger partial charge < -0.3 is 10.1 Å². The van der Waals surface area contributed by atoms with E-state index in [1.54, 1.807) is 12.1 Å². The second-order valence-electron chi connectivity index (χ2n) is 4.74. The molecule has 0 aromatic heterocycles. The molecule has 0 aliphatic heterocycles. The predicted octanol–water partition coefficient (Wildman–Crippen LogP) is 4.08. The first-order valence-electron chi connectivity index (χ1n) is 6.89. The first-order valence-corrected chi connectivity index (χ1v) is 6.89. The normalized spacial score (nSPS) is 12.2. The topological polar surface area (TPSA) is 21.3 Å². The van der Waals surface area contributed by atoms with Crippen molar-refractivity contribution >= 4 is 0 Å². The fourth-order valence-corrected chi connectivity index (χ4v) is 2.08. The second kappa shape index (κ2) is 7.06. The summed E-state index contributed by atoms with van der Waals surface area (Å²) in [5.41, 5.74) is 2.10. The molecule has 0 fully saturated rings. The van der Waals surface area contributed by atoms with Crippen LogP contribution in [0.2, 0.25) is 0 Å². The van der Waals surface area contributed by atoms with Crippen LogP contribution < -0.4 is 10.1 Å². The van der Waals surface area contributed by atoms with E-state index in [4.69, 9.17) is 4.74 Å². The van der Waals surface area contributed by atoms with Crippen LogP contribution in [0.1, 0.15) is 31.0 Å². The summed E-state index contributed by atoms with van der Waals surface area (Å²) >= 11 is 0. The highest BCUT2D eigenvalue weighted by atomic mass is 19.1. The Kier molecular flexibility index (Phi) is 5.13. The first-order chi connectivity index (χ1) is 9.69. The molecule has 3 heteroatoms. The van der Waals surface area contributed by atoms with Crippen molar-refractivity contribution in [1.82, 2.24) is 5.32 Å². The van der Waals surface area contributed by atoms with E-state index >= 15 is 0 Å². The van der Waals surface area contributed by atoms with E-state index < -0.39 is 0 Å². The molecule has 0 radical (unpaired) electrons. The molecule has 0 saturated heterocycles. The Morgan fingerprint density at radius 2 is 1.95 bits per heavy atom. The molecular formula is C17H20FNO. The zero-order valence-electron chi connectivity index (χ0n) is 11.9. The molecule has 20 heavy (non-hydrogen) atoms. The fourth-order valence-electron chi connectivity index (χ4n) is 2.08. The lowest BCUT2D eigenvalue weighted by molar-refractivity contribution is 0.339. The summed E-state index contributed by atoms with van der Waals surface area (Å²) in [4.78, 5) is 0. The van der Waals surface area contributed by atoms with Crippen LogP contribution in [0.5, 0.6) is 5.75 Å². The van der Waals surface area contributed by atoms with Gasteiger partial charge in [0.15, 0.2) is 0 Å². The van der Waals surface area contributed by atoms with E-state index in [2.05, 4.69) is 5.32 Å². The van der Waals surface area contributed by atoms with Crippen LogP contribution in [0.4, 0.5) is 4.39 Å². The van der Waals surface area contributed by atoms with Crippen molar-refractivity contribution in [3.8, 4) is 5.75 Å². The van der Waals surface area contributed by atoms with Gasteiger partial charge >= 0.3 is 0 Å². The molecule has 0 unspecified atom stereocenters. The van der Waals surface area contributed by atoms with Gasteiger partial charge in [-0.25, -0.2) is 4.39 Å². The number of hydrogen-bond donors (Lipinski definition) is 1. The molecule has 0 aliphatic carbocycles. The summed E-state index contributed by atoms with van der Waals surface area (Å²) in [5, 5.41) is 3.39. The van der Waals surface area contributed by atoms with Gasteiger partial charge in [0.1, 0.15) is 11.6 Å². The lowest BCUT2D eigenvalue weighted by Gasteiger charge is -2.15. The number of nitrogens with one attached hydrogen (secondary N) is 1. The minimum absolute atomic E-state index is 0.0986. The van der Waals surface area contributed by atoms with E-state index in [1.807, 2.05) is 44.2 Å². The Morgan fingerprint density at radius 3 is 2.70 bits per heavy atom. The zero-order chi connectivity index (χ0) is 14.4. The van der Waals surface area contributed by atoms with Gasteiger partial charge in [0.05, 0.1) is 6.61 Å². The van der Waals surface area contributed by atoms with Crippen LogP contribution in [0.15, 0.2) is 48.5 Å². The molecule has 0 aliphatic rings. The van der Waals surface area contributed by atoms with Crippen LogP contribution in [-0.2, 0) is 6.54 Å². The van der Waals surface area contributed by atoms with E-state index in [0.717, 1.165) is 23.4 Å². The van der Waals surface area contributed by atoms with Crippen molar-refractivity contribution < 1.29 is 9.13 Å². The highest BCUT2D eigenvalue weighted by Crippen LogP contribution is 2.16. The van der Waals surface area contributed by atoms with Crippen molar-refractivity contribution in [2.75, 3.05) is 6.61 Å². The van der Waals surface area contributed by atoms with Gasteiger partial charge in [0.2, 0.25) is 0 Å². The molecule has 1 N–H and O–H groups in total. The highest BCUT2D eigenvalue weighted by Gasteiger charge is 2.06. The number of halogens is 1. The van der Waals surface area contributed by atoms with Crippen LogP contribution in [0.3, 0.4) is 0 Å². The van der Waals surface area contributed by atoms with Crippen LogP contribution in [0.25, 0.3) is 0 Å². The summed E-state index contributed by atoms with van der Waals surface area (Å²) in [7, 11) is 0. The number of ether oxygens (including phenoxy) is 1. The van der Waals surface area contributed by atoms with Crippen LogP contribution in [-0.4, -0.2) is 6.61 Å². The fraction of sp³-hybridized carbons (Fsp3) is 0.294. The van der Waals surface area contributed by atoms with Gasteiger partial charge in [0.25, 0.3) is 0 Å². The molecule has 2 aromatic rings. The standard InChI is InChI=1S/C17H20FNO/c1-3-20-17-9-4-6-14(10-17)12-19-13(2)15-7-5-8-16(18)11-15/h4-11,13,19H,3,12H2,1-2H3/t13-/m1/s1. The van der Waals surface area contributed by atoms with Gasteiger partial charge in [-0.15, -0.1) is 0 Å². The highest BCUT2D eigenvalue weighted by molar-refractivity contribution is 5.28. The predicted molar refractivity (Wildman–Crippen MR) is 79.3 cm³/mol. The van der Waals surface area contributed by atoms with E-state index in [1.165, 1.54) is 6.07 Å². The Hall–Kier alpha value is -1.87. The third-order valence-corrected chi connectivity index (χ3v) is 3.17. The maximum Gasteiger partial charge on any atom is 0.123 e. The monoisotopic (exact) mass is 273 g/mol. The Morgan fingerprint density at radius 1 is 1.15 bits per heavy atom. The number of hydrogen-bond acceptors (Lipinski definition) is 2. The average molecular weight is 273 g/mol. The van der Waals surface area contributed by atoms with Crippen molar-refractivity contribution in [2.45, 2.75) is 26.4 Å². The van der Waals surface area contributed by atoms with Crippen molar-refractivity contribution in [3.05, 3.63) is 65.5 Å². The van der Waals surface area contributed by atoms with Gasteiger partial charge in [0, 0.05) is 12.6 Å². The Labute approximate surface area is 119 Å². The SMILES string of the molecule is CCOc1cccc(CN[C@H](C)c2cccc(F)c2)c1. The van der Waals surface area contributed by atoms with Gasteiger partial charge in [-0.1, -0.05) is 24.3 Å². The van der Waals surface area contributed by atoms with Gasteiger partial charge in [-0.2, -0.15) is 0 Å². The summed E-state index contributed by atoms with van der Waals surface area (Å²) in [5.74, 6) is 0.680. The molecule has 0 heterocycles.